The van der Waals surface area contributed by atoms with Gasteiger partial charge < -0.3 is 19.9 Å². The second-order valence-electron chi connectivity index (χ2n) is 10.4. The molecule has 1 aromatic heterocycles. The molecule has 1 aliphatic heterocycles. The van der Waals surface area contributed by atoms with Crippen molar-refractivity contribution in [1.82, 2.24) is 9.80 Å². The van der Waals surface area contributed by atoms with Crippen molar-refractivity contribution in [1.29, 1.82) is 0 Å². The molecule has 0 bridgehead atoms. The summed E-state index contributed by atoms with van der Waals surface area (Å²) < 4.78 is 6.21. The van der Waals surface area contributed by atoms with Crippen LogP contribution in [0.3, 0.4) is 0 Å². The number of thiophene rings is 1. The van der Waals surface area contributed by atoms with Gasteiger partial charge in [-0.25, -0.2) is 4.79 Å². The van der Waals surface area contributed by atoms with Crippen LogP contribution in [0.15, 0.2) is 60.0 Å². The first-order valence-corrected chi connectivity index (χ1v) is 14.4. The number of hydrogen-bond donors (Lipinski definition) is 1. The normalized spacial score (nSPS) is 15.6. The van der Waals surface area contributed by atoms with E-state index >= 15 is 0 Å². The number of rotatable bonds is 9. The third kappa shape index (κ3) is 6.57. The Kier molecular flexibility index (Phi) is 9.10. The fourth-order valence-electron chi connectivity index (χ4n) is 4.72. The third-order valence-corrected chi connectivity index (χ3v) is 8.36. The number of benzene rings is 2. The molecule has 0 fully saturated rings. The van der Waals surface area contributed by atoms with Gasteiger partial charge >= 0.3 is 6.03 Å². The van der Waals surface area contributed by atoms with Crippen LogP contribution in [0.2, 0.25) is 0 Å². The van der Waals surface area contributed by atoms with Crippen molar-refractivity contribution >= 4 is 29.0 Å². The summed E-state index contributed by atoms with van der Waals surface area (Å²) >= 11 is 1.73. The minimum absolute atomic E-state index is 0.0196. The molecular weight excluding hydrogens is 494 g/mol. The van der Waals surface area contributed by atoms with Crippen LogP contribution >= 0.6 is 11.3 Å². The van der Waals surface area contributed by atoms with E-state index in [4.69, 9.17) is 4.74 Å². The molecule has 1 N–H and O–H groups in total. The summed E-state index contributed by atoms with van der Waals surface area (Å²) in [6.07, 6.45) is 1.57. The van der Waals surface area contributed by atoms with Crippen LogP contribution in [-0.2, 0) is 11.2 Å². The summed E-state index contributed by atoms with van der Waals surface area (Å²) in [5.41, 5.74) is 4.25. The molecule has 0 saturated heterocycles. The van der Waals surface area contributed by atoms with Crippen LogP contribution < -0.4 is 10.1 Å². The predicted molar refractivity (Wildman–Crippen MR) is 155 cm³/mol. The van der Waals surface area contributed by atoms with E-state index in [1.54, 1.807) is 16.2 Å². The first-order chi connectivity index (χ1) is 18.3. The number of nitrogens with one attached hydrogen (secondary N) is 1. The Hall–Kier alpha value is -3.32. The fraction of sp³-hybridized carbons (Fsp3) is 0.419. The highest BCUT2D eigenvalue weighted by Crippen LogP contribution is 2.34. The molecule has 38 heavy (non-hydrogen) atoms. The Morgan fingerprint density at radius 1 is 1.08 bits per heavy atom. The zero-order valence-corrected chi connectivity index (χ0v) is 23.9. The van der Waals surface area contributed by atoms with Gasteiger partial charge in [0.1, 0.15) is 18.9 Å². The predicted octanol–water partition coefficient (Wildman–Crippen LogP) is 7.02. The van der Waals surface area contributed by atoms with E-state index in [0.717, 1.165) is 35.4 Å². The van der Waals surface area contributed by atoms with E-state index in [9.17, 15) is 9.59 Å². The van der Waals surface area contributed by atoms with Crippen LogP contribution in [0, 0.1) is 6.92 Å². The van der Waals surface area contributed by atoms with Gasteiger partial charge in [-0.3, -0.25) is 4.79 Å². The zero-order valence-electron chi connectivity index (χ0n) is 23.1. The minimum atomic E-state index is -0.261. The van der Waals surface area contributed by atoms with Gasteiger partial charge in [-0.1, -0.05) is 50.6 Å². The Bertz CT molecular complexity index is 1220. The molecule has 202 valence electrons. The number of amides is 3. The molecule has 0 radical (unpaired) electrons. The monoisotopic (exact) mass is 533 g/mol. The van der Waals surface area contributed by atoms with Crippen LogP contribution in [-0.4, -0.2) is 47.5 Å². The summed E-state index contributed by atoms with van der Waals surface area (Å²) in [5, 5.41) is 5.05. The van der Waals surface area contributed by atoms with Gasteiger partial charge in [-0.05, 0) is 79.4 Å². The Morgan fingerprint density at radius 2 is 1.79 bits per heavy atom. The number of ether oxygens (including phenoxy) is 1. The largest absolute Gasteiger partial charge is 0.491 e. The average Bonchev–Trinajstić information content (AvgIpc) is 3.40. The smallest absolute Gasteiger partial charge is 0.322 e. The standard InChI is InChI=1S/C31H39N3O3S/c1-6-23(5)34(31(36)32-25-11-7-22(4)8-12-25)19-30(35)33-17-15-29-27(16-18-38-29)28(33)20-37-26-13-9-24(10-14-26)21(2)3/h7-14,16,18,21,23,28H,6,15,17,19-20H2,1-5H3,(H,32,36)/t23-,28+/m0/s1. The summed E-state index contributed by atoms with van der Waals surface area (Å²) in [6.45, 7) is 11.4. The van der Waals surface area contributed by atoms with Crippen molar-refractivity contribution in [2.24, 2.45) is 0 Å². The van der Waals surface area contributed by atoms with E-state index in [1.165, 1.54) is 10.4 Å². The number of nitrogens with zero attached hydrogens (tertiary/aromatic N) is 2. The van der Waals surface area contributed by atoms with Crippen LogP contribution in [0.5, 0.6) is 5.75 Å². The highest BCUT2D eigenvalue weighted by atomic mass is 32.1. The molecule has 0 unspecified atom stereocenters. The topological polar surface area (TPSA) is 61.9 Å². The summed E-state index contributed by atoms with van der Waals surface area (Å²) in [6, 6.07) is 17.4. The maximum Gasteiger partial charge on any atom is 0.322 e. The van der Waals surface area contributed by atoms with Crippen molar-refractivity contribution in [3.05, 3.63) is 81.5 Å². The third-order valence-electron chi connectivity index (χ3n) is 7.36. The number of urea groups is 1. The molecule has 7 heteroatoms. The Balaban J connectivity index is 1.49. The lowest BCUT2D eigenvalue weighted by Gasteiger charge is -2.38. The highest BCUT2D eigenvalue weighted by molar-refractivity contribution is 7.10. The quantitative estimate of drug-likeness (QED) is 0.322. The van der Waals surface area contributed by atoms with Gasteiger partial charge in [0.25, 0.3) is 0 Å². The van der Waals surface area contributed by atoms with Gasteiger partial charge in [0.2, 0.25) is 5.91 Å². The maximum absolute atomic E-state index is 13.8. The number of fused-ring (bicyclic) bond motifs is 1. The van der Waals surface area contributed by atoms with Gasteiger partial charge in [0, 0.05) is 23.2 Å². The minimum Gasteiger partial charge on any atom is -0.491 e. The van der Waals surface area contributed by atoms with Crippen molar-refractivity contribution < 1.29 is 14.3 Å². The van der Waals surface area contributed by atoms with Crippen molar-refractivity contribution in [2.75, 3.05) is 25.0 Å². The number of anilines is 1. The van der Waals surface area contributed by atoms with Crippen molar-refractivity contribution in [2.45, 2.75) is 65.5 Å². The lowest BCUT2D eigenvalue weighted by molar-refractivity contribution is -0.135. The first kappa shape index (κ1) is 27.7. The fourth-order valence-corrected chi connectivity index (χ4v) is 5.64. The van der Waals surface area contributed by atoms with Gasteiger partial charge in [-0.15, -0.1) is 11.3 Å². The van der Waals surface area contributed by atoms with Crippen LogP contribution in [0.4, 0.5) is 10.5 Å². The summed E-state index contributed by atoms with van der Waals surface area (Å²) in [4.78, 5) is 31.9. The molecule has 2 aromatic carbocycles. The molecule has 0 spiro atoms. The summed E-state index contributed by atoms with van der Waals surface area (Å²) in [5.74, 6) is 1.19. The molecule has 1 aliphatic rings. The van der Waals surface area contributed by atoms with E-state index in [1.807, 2.05) is 62.1 Å². The van der Waals surface area contributed by atoms with Gasteiger partial charge in [-0.2, -0.15) is 0 Å². The molecule has 2 atom stereocenters. The number of hydrogen-bond acceptors (Lipinski definition) is 4. The molecule has 6 nitrogen and oxygen atoms in total. The van der Waals surface area contributed by atoms with Gasteiger partial charge in [0.05, 0.1) is 6.04 Å². The van der Waals surface area contributed by atoms with Crippen molar-refractivity contribution in [3.8, 4) is 5.75 Å². The zero-order chi connectivity index (χ0) is 27.2. The van der Waals surface area contributed by atoms with Crippen molar-refractivity contribution in [3.63, 3.8) is 0 Å². The van der Waals surface area contributed by atoms with Crippen LogP contribution in [0.25, 0.3) is 0 Å². The molecule has 0 aliphatic carbocycles. The SMILES string of the molecule is CC[C@H](C)N(CC(=O)N1CCc2sccc2[C@H]1COc1ccc(C(C)C)cc1)C(=O)Nc1ccc(C)cc1. The molecule has 3 amide bonds. The molecule has 3 aromatic rings. The van der Waals surface area contributed by atoms with E-state index < -0.39 is 0 Å². The average molecular weight is 534 g/mol. The second kappa shape index (κ2) is 12.5. The van der Waals surface area contributed by atoms with E-state index in [-0.39, 0.29) is 30.6 Å². The molecular formula is C31H39N3O3S. The first-order valence-electron chi connectivity index (χ1n) is 13.5. The highest BCUT2D eigenvalue weighted by Gasteiger charge is 2.34. The van der Waals surface area contributed by atoms with Crippen LogP contribution in [0.1, 0.15) is 67.6 Å². The number of aryl methyl sites for hydroxylation is 1. The number of carbonyl (C=O) groups is 2. The Morgan fingerprint density at radius 3 is 2.45 bits per heavy atom. The maximum atomic E-state index is 13.8. The van der Waals surface area contributed by atoms with Gasteiger partial charge in [0.15, 0.2) is 0 Å². The lowest BCUT2D eigenvalue weighted by atomic mass is 10.00. The molecule has 2 heterocycles. The number of carbonyl (C=O) groups excluding carboxylic acids is 2. The summed E-state index contributed by atoms with van der Waals surface area (Å²) in [7, 11) is 0. The lowest BCUT2D eigenvalue weighted by Crippen LogP contribution is -2.50. The molecule has 4 rings (SSSR count). The van der Waals surface area contributed by atoms with E-state index in [0.29, 0.717) is 19.1 Å². The Labute approximate surface area is 230 Å². The van der Waals surface area contributed by atoms with E-state index in [2.05, 4.69) is 42.7 Å². The molecule has 0 saturated carbocycles. The second-order valence-corrected chi connectivity index (χ2v) is 11.4.